The number of benzene rings is 2. The minimum atomic E-state index is -0.553. The van der Waals surface area contributed by atoms with Crippen LogP contribution in [0.2, 0.25) is 0 Å². The van der Waals surface area contributed by atoms with Gasteiger partial charge < -0.3 is 9.73 Å². The van der Waals surface area contributed by atoms with E-state index >= 15 is 0 Å². The van der Waals surface area contributed by atoms with Gasteiger partial charge in [-0.15, -0.1) is 0 Å². The van der Waals surface area contributed by atoms with Gasteiger partial charge in [0.2, 0.25) is 0 Å². The summed E-state index contributed by atoms with van der Waals surface area (Å²) >= 11 is 3.33. The molecule has 0 fully saturated rings. The highest BCUT2D eigenvalue weighted by Gasteiger charge is 2.12. The van der Waals surface area contributed by atoms with Gasteiger partial charge in [-0.3, -0.25) is 9.78 Å². The molecular formula is C14H9BrN2O3. The van der Waals surface area contributed by atoms with Gasteiger partial charge in [-0.05, 0) is 40.2 Å². The number of amides is 1. The van der Waals surface area contributed by atoms with Gasteiger partial charge in [0.05, 0.1) is 11.3 Å². The van der Waals surface area contributed by atoms with Gasteiger partial charge in [-0.2, -0.15) is 0 Å². The molecule has 0 atom stereocenters. The quantitative estimate of drug-likeness (QED) is 0.757. The molecule has 0 spiro atoms. The molecular weight excluding hydrogens is 324 g/mol. The number of carbonyl (C=O) groups excluding carboxylic acids is 1. The fourth-order valence-corrected chi connectivity index (χ4v) is 2.38. The molecule has 0 radical (unpaired) electrons. The molecule has 3 rings (SSSR count). The summed E-state index contributed by atoms with van der Waals surface area (Å²) in [6, 6.07) is 12.2. The highest BCUT2D eigenvalue weighted by molar-refractivity contribution is 9.10. The number of aromatic nitrogens is 1. The van der Waals surface area contributed by atoms with Crippen molar-refractivity contribution >= 4 is 38.6 Å². The minimum absolute atomic E-state index is 0.271. The van der Waals surface area contributed by atoms with Gasteiger partial charge in [0.15, 0.2) is 5.58 Å². The summed E-state index contributed by atoms with van der Waals surface area (Å²) in [5.74, 6) is -0.824. The zero-order valence-corrected chi connectivity index (χ0v) is 11.7. The topological polar surface area (TPSA) is 75.1 Å². The summed E-state index contributed by atoms with van der Waals surface area (Å²) in [6.07, 6.45) is 0. The number of hydrogen-bond donors (Lipinski definition) is 2. The Bertz CT molecular complexity index is 851. The Morgan fingerprint density at radius 2 is 1.95 bits per heavy atom. The molecule has 1 aromatic heterocycles. The fraction of sp³-hybridized carbons (Fsp3) is 0. The van der Waals surface area contributed by atoms with Gasteiger partial charge in [-0.1, -0.05) is 18.2 Å². The van der Waals surface area contributed by atoms with Crippen molar-refractivity contribution < 1.29 is 9.21 Å². The highest BCUT2D eigenvalue weighted by atomic mass is 79.9. The van der Waals surface area contributed by atoms with E-state index in [4.69, 9.17) is 4.42 Å². The number of rotatable bonds is 2. The number of carbonyl (C=O) groups is 1. The fourth-order valence-electron chi connectivity index (χ4n) is 1.91. The number of para-hydroxylation sites is 1. The third-order valence-corrected chi connectivity index (χ3v) is 3.51. The van der Waals surface area contributed by atoms with Crippen molar-refractivity contribution in [2.45, 2.75) is 0 Å². The highest BCUT2D eigenvalue weighted by Crippen LogP contribution is 2.22. The van der Waals surface area contributed by atoms with Crippen molar-refractivity contribution in [2.24, 2.45) is 0 Å². The number of anilines is 1. The lowest BCUT2D eigenvalue weighted by Crippen LogP contribution is -2.12. The van der Waals surface area contributed by atoms with E-state index in [9.17, 15) is 9.59 Å². The second-order valence-corrected chi connectivity index (χ2v) is 4.98. The smallest absolute Gasteiger partial charge is 0.408 e. The molecule has 2 N–H and O–H groups in total. The first-order valence-electron chi connectivity index (χ1n) is 5.83. The summed E-state index contributed by atoms with van der Waals surface area (Å²) in [4.78, 5) is 26.0. The molecule has 0 bridgehead atoms. The Balaban J connectivity index is 1.99. The Hall–Kier alpha value is -2.34. The molecule has 0 saturated heterocycles. The number of nitrogens with one attached hydrogen (secondary N) is 2. The van der Waals surface area contributed by atoms with E-state index in [1.54, 1.807) is 36.4 Å². The Kier molecular flexibility index (Phi) is 3.15. The number of H-pyrrole nitrogens is 1. The van der Waals surface area contributed by atoms with Crippen molar-refractivity contribution in [3.8, 4) is 0 Å². The van der Waals surface area contributed by atoms with Crippen LogP contribution in [-0.4, -0.2) is 10.9 Å². The number of fused-ring (bicyclic) bond motifs is 1. The van der Waals surface area contributed by atoms with E-state index in [-0.39, 0.29) is 5.91 Å². The monoisotopic (exact) mass is 332 g/mol. The van der Waals surface area contributed by atoms with Crippen LogP contribution < -0.4 is 11.1 Å². The van der Waals surface area contributed by atoms with Crippen LogP contribution in [0, 0.1) is 0 Å². The second kappa shape index (κ2) is 4.97. The SMILES string of the molecule is O=C(Nc1cccc2oc(=O)[nH]c12)c1ccccc1Br. The average Bonchev–Trinajstić information content (AvgIpc) is 2.80. The molecule has 1 amide bonds. The molecule has 20 heavy (non-hydrogen) atoms. The van der Waals surface area contributed by atoms with Gasteiger partial charge in [-0.25, -0.2) is 4.79 Å². The lowest BCUT2D eigenvalue weighted by atomic mass is 10.2. The summed E-state index contributed by atoms with van der Waals surface area (Å²) in [5, 5.41) is 2.76. The van der Waals surface area contributed by atoms with Crippen LogP contribution in [0.5, 0.6) is 0 Å². The van der Waals surface area contributed by atoms with E-state index in [0.717, 1.165) is 0 Å². The second-order valence-electron chi connectivity index (χ2n) is 4.13. The summed E-state index contributed by atoms with van der Waals surface area (Å²) < 4.78 is 5.65. The predicted octanol–water partition coefficient (Wildman–Crippen LogP) is 3.14. The van der Waals surface area contributed by atoms with Crippen LogP contribution in [-0.2, 0) is 0 Å². The van der Waals surface area contributed by atoms with Gasteiger partial charge >= 0.3 is 5.76 Å². The number of halogens is 1. The van der Waals surface area contributed by atoms with E-state index in [1.165, 1.54) is 0 Å². The molecule has 100 valence electrons. The Morgan fingerprint density at radius 1 is 1.15 bits per heavy atom. The lowest BCUT2D eigenvalue weighted by molar-refractivity contribution is 0.102. The first-order valence-corrected chi connectivity index (χ1v) is 6.62. The van der Waals surface area contributed by atoms with Crippen LogP contribution >= 0.6 is 15.9 Å². The number of aromatic amines is 1. The standard InChI is InChI=1S/C14H9BrN2O3/c15-9-5-2-1-4-8(9)13(18)16-10-6-3-7-11-12(10)17-14(19)20-11/h1-7H,(H,16,18)(H,17,19). The average molecular weight is 333 g/mol. The van der Waals surface area contributed by atoms with Crippen molar-refractivity contribution in [1.29, 1.82) is 0 Å². The van der Waals surface area contributed by atoms with E-state index < -0.39 is 5.76 Å². The molecule has 0 aliphatic rings. The minimum Gasteiger partial charge on any atom is -0.408 e. The van der Waals surface area contributed by atoms with Crippen LogP contribution in [0.15, 0.2) is 56.1 Å². The number of hydrogen-bond acceptors (Lipinski definition) is 3. The molecule has 1 heterocycles. The maximum absolute atomic E-state index is 12.2. The maximum atomic E-state index is 12.2. The zero-order chi connectivity index (χ0) is 14.1. The lowest BCUT2D eigenvalue weighted by Gasteiger charge is -2.07. The molecule has 5 nitrogen and oxygen atoms in total. The molecule has 2 aromatic carbocycles. The van der Waals surface area contributed by atoms with E-state index in [0.29, 0.717) is 26.8 Å². The van der Waals surface area contributed by atoms with Crippen molar-refractivity contribution in [3.63, 3.8) is 0 Å². The Labute approximate surface area is 121 Å². The summed E-state index contributed by atoms with van der Waals surface area (Å²) in [7, 11) is 0. The summed E-state index contributed by atoms with van der Waals surface area (Å²) in [5.41, 5.74) is 1.88. The first kappa shape index (κ1) is 12.7. The first-order chi connectivity index (χ1) is 9.65. The summed E-state index contributed by atoms with van der Waals surface area (Å²) in [6.45, 7) is 0. The van der Waals surface area contributed by atoms with Crippen molar-refractivity contribution in [3.05, 3.63) is 63.1 Å². The third-order valence-electron chi connectivity index (χ3n) is 2.82. The third kappa shape index (κ3) is 2.25. The van der Waals surface area contributed by atoms with Crippen LogP contribution in [0.4, 0.5) is 5.69 Å². The van der Waals surface area contributed by atoms with Gasteiger partial charge in [0.25, 0.3) is 5.91 Å². The molecule has 6 heteroatoms. The zero-order valence-electron chi connectivity index (χ0n) is 10.1. The molecule has 0 unspecified atom stereocenters. The Morgan fingerprint density at radius 3 is 2.75 bits per heavy atom. The van der Waals surface area contributed by atoms with E-state index in [1.807, 2.05) is 6.07 Å². The van der Waals surface area contributed by atoms with Gasteiger partial charge in [0.1, 0.15) is 5.52 Å². The number of oxazole rings is 1. The largest absolute Gasteiger partial charge is 0.417 e. The van der Waals surface area contributed by atoms with Crippen molar-refractivity contribution in [2.75, 3.05) is 5.32 Å². The molecule has 0 aliphatic carbocycles. The maximum Gasteiger partial charge on any atom is 0.417 e. The molecule has 0 saturated carbocycles. The normalized spacial score (nSPS) is 10.7. The van der Waals surface area contributed by atoms with Gasteiger partial charge in [0, 0.05) is 4.47 Å². The molecule has 0 aliphatic heterocycles. The van der Waals surface area contributed by atoms with Crippen molar-refractivity contribution in [1.82, 2.24) is 4.98 Å². The predicted molar refractivity (Wildman–Crippen MR) is 78.9 cm³/mol. The van der Waals surface area contributed by atoms with E-state index in [2.05, 4.69) is 26.2 Å². The van der Waals surface area contributed by atoms with Crippen LogP contribution in [0.1, 0.15) is 10.4 Å². The van der Waals surface area contributed by atoms with Crippen LogP contribution in [0.25, 0.3) is 11.1 Å². The molecule has 3 aromatic rings. The van der Waals surface area contributed by atoms with Crippen LogP contribution in [0.3, 0.4) is 0 Å².